The predicted molar refractivity (Wildman–Crippen MR) is 100 cm³/mol. The third kappa shape index (κ3) is 4.24. The van der Waals surface area contributed by atoms with Gasteiger partial charge in [-0.1, -0.05) is 19.9 Å². The number of benzene rings is 1. The van der Waals surface area contributed by atoms with Crippen LogP contribution in [0.1, 0.15) is 30.8 Å². The normalized spacial score (nSPS) is 15.8. The SMILES string of the molecule is CC(C)CN1CCn2nc(CNC(=O)Cc3ccc4c(c3)OCO4)cc2C1. The van der Waals surface area contributed by atoms with Crippen LogP contribution in [0.15, 0.2) is 24.3 Å². The second kappa shape index (κ2) is 7.60. The van der Waals surface area contributed by atoms with Gasteiger partial charge in [-0.25, -0.2) is 0 Å². The number of fused-ring (bicyclic) bond motifs is 2. The molecule has 0 bridgehead atoms. The molecule has 27 heavy (non-hydrogen) atoms. The maximum atomic E-state index is 12.3. The second-order valence-electron chi connectivity index (χ2n) is 7.62. The number of ether oxygens (including phenoxy) is 2. The lowest BCUT2D eigenvalue weighted by Gasteiger charge is -2.28. The maximum absolute atomic E-state index is 12.3. The average molecular weight is 370 g/mol. The van der Waals surface area contributed by atoms with Gasteiger partial charge < -0.3 is 14.8 Å². The van der Waals surface area contributed by atoms with Gasteiger partial charge in [0.1, 0.15) is 0 Å². The first-order valence-corrected chi connectivity index (χ1v) is 9.50. The number of hydrogen-bond acceptors (Lipinski definition) is 5. The van der Waals surface area contributed by atoms with Crippen LogP contribution in [-0.2, 0) is 30.8 Å². The third-order valence-corrected chi connectivity index (χ3v) is 4.82. The summed E-state index contributed by atoms with van der Waals surface area (Å²) in [7, 11) is 0. The van der Waals surface area contributed by atoms with Gasteiger partial charge in [-0.3, -0.25) is 14.4 Å². The van der Waals surface area contributed by atoms with E-state index in [2.05, 4.69) is 39.9 Å². The summed E-state index contributed by atoms with van der Waals surface area (Å²) in [6.07, 6.45) is 0.312. The lowest BCUT2D eigenvalue weighted by Crippen LogP contribution is -2.36. The molecule has 0 aliphatic carbocycles. The summed E-state index contributed by atoms with van der Waals surface area (Å²) in [5, 5.41) is 7.60. The van der Waals surface area contributed by atoms with Crippen LogP contribution in [0.4, 0.5) is 0 Å². The first kappa shape index (κ1) is 17.9. The summed E-state index contributed by atoms with van der Waals surface area (Å²) in [4.78, 5) is 14.7. The van der Waals surface area contributed by atoms with Crippen molar-refractivity contribution >= 4 is 5.91 Å². The van der Waals surface area contributed by atoms with E-state index in [4.69, 9.17) is 9.47 Å². The molecule has 1 aromatic heterocycles. The van der Waals surface area contributed by atoms with E-state index in [9.17, 15) is 4.79 Å². The van der Waals surface area contributed by atoms with Gasteiger partial charge in [-0.05, 0) is 29.7 Å². The molecule has 1 N–H and O–H groups in total. The van der Waals surface area contributed by atoms with E-state index in [0.29, 0.717) is 24.6 Å². The Balaban J connectivity index is 1.30. The standard InChI is InChI=1S/C20H26N4O3/c1-14(2)11-23-5-6-24-17(12-23)9-16(22-24)10-21-20(25)8-15-3-4-18-19(7-15)27-13-26-18/h3-4,7,9,14H,5-6,8,10-13H2,1-2H3,(H,21,25). The largest absolute Gasteiger partial charge is 0.454 e. The molecule has 0 fully saturated rings. The van der Waals surface area contributed by atoms with Gasteiger partial charge in [-0.15, -0.1) is 0 Å². The Morgan fingerprint density at radius 3 is 2.93 bits per heavy atom. The van der Waals surface area contributed by atoms with E-state index in [1.165, 1.54) is 5.69 Å². The summed E-state index contributed by atoms with van der Waals surface area (Å²) in [5.74, 6) is 2.07. The highest BCUT2D eigenvalue weighted by Crippen LogP contribution is 2.32. The van der Waals surface area contributed by atoms with E-state index in [1.54, 1.807) is 0 Å². The van der Waals surface area contributed by atoms with Gasteiger partial charge in [0.25, 0.3) is 0 Å². The Kier molecular flexibility index (Phi) is 5.03. The summed E-state index contributed by atoms with van der Waals surface area (Å²) < 4.78 is 12.7. The number of rotatable bonds is 6. The van der Waals surface area contributed by atoms with Crippen molar-refractivity contribution in [3.05, 3.63) is 41.2 Å². The van der Waals surface area contributed by atoms with Crippen molar-refractivity contribution in [2.75, 3.05) is 19.9 Å². The predicted octanol–water partition coefficient (Wildman–Crippen LogP) is 1.94. The first-order valence-electron chi connectivity index (χ1n) is 9.50. The summed E-state index contributed by atoms with van der Waals surface area (Å²) >= 11 is 0. The van der Waals surface area contributed by atoms with Crippen LogP contribution >= 0.6 is 0 Å². The highest BCUT2D eigenvalue weighted by molar-refractivity contribution is 5.78. The van der Waals surface area contributed by atoms with Gasteiger partial charge in [-0.2, -0.15) is 5.10 Å². The molecule has 1 amide bonds. The Bertz CT molecular complexity index is 831. The average Bonchev–Trinajstić information content (AvgIpc) is 3.24. The van der Waals surface area contributed by atoms with Crippen molar-refractivity contribution in [1.29, 1.82) is 0 Å². The van der Waals surface area contributed by atoms with Crippen molar-refractivity contribution in [2.45, 2.75) is 39.9 Å². The second-order valence-corrected chi connectivity index (χ2v) is 7.62. The molecule has 0 unspecified atom stereocenters. The van der Waals surface area contributed by atoms with Crippen LogP contribution in [0.25, 0.3) is 0 Å². The van der Waals surface area contributed by atoms with Gasteiger partial charge in [0.05, 0.1) is 30.9 Å². The molecule has 7 heteroatoms. The number of carbonyl (C=O) groups is 1. The Hall–Kier alpha value is -2.54. The minimum Gasteiger partial charge on any atom is -0.454 e. The van der Waals surface area contributed by atoms with E-state index in [1.807, 2.05) is 18.2 Å². The van der Waals surface area contributed by atoms with Crippen molar-refractivity contribution in [3.8, 4) is 11.5 Å². The van der Waals surface area contributed by atoms with Crippen LogP contribution in [-0.4, -0.2) is 40.5 Å². The summed E-state index contributed by atoms with van der Waals surface area (Å²) in [6, 6.07) is 7.71. The van der Waals surface area contributed by atoms with Crippen molar-refractivity contribution < 1.29 is 14.3 Å². The summed E-state index contributed by atoms with van der Waals surface area (Å²) in [6.45, 7) is 9.15. The minimum atomic E-state index is -0.0266. The monoisotopic (exact) mass is 370 g/mol. The minimum absolute atomic E-state index is 0.0266. The molecule has 0 radical (unpaired) electrons. The maximum Gasteiger partial charge on any atom is 0.231 e. The zero-order valence-electron chi connectivity index (χ0n) is 15.9. The Morgan fingerprint density at radius 2 is 2.07 bits per heavy atom. The molecule has 2 aromatic rings. The van der Waals surface area contributed by atoms with E-state index in [-0.39, 0.29) is 12.7 Å². The number of nitrogens with one attached hydrogen (secondary N) is 1. The molecule has 3 heterocycles. The molecular weight excluding hydrogens is 344 g/mol. The summed E-state index contributed by atoms with van der Waals surface area (Å²) in [5.41, 5.74) is 3.04. The van der Waals surface area contributed by atoms with Crippen molar-refractivity contribution in [3.63, 3.8) is 0 Å². The zero-order valence-corrected chi connectivity index (χ0v) is 15.9. The van der Waals surface area contributed by atoms with E-state index >= 15 is 0 Å². The van der Waals surface area contributed by atoms with Crippen LogP contribution in [0.2, 0.25) is 0 Å². The lowest BCUT2D eigenvalue weighted by atomic mass is 10.1. The fourth-order valence-electron chi connectivity index (χ4n) is 3.63. The molecule has 7 nitrogen and oxygen atoms in total. The first-order chi connectivity index (χ1) is 13.1. The highest BCUT2D eigenvalue weighted by Gasteiger charge is 2.19. The number of nitrogens with zero attached hydrogens (tertiary/aromatic N) is 3. The molecule has 1 aromatic carbocycles. The fraction of sp³-hybridized carbons (Fsp3) is 0.500. The number of amides is 1. The highest BCUT2D eigenvalue weighted by atomic mass is 16.7. The molecule has 0 saturated carbocycles. The van der Waals surface area contributed by atoms with Gasteiger partial charge in [0.2, 0.25) is 12.7 Å². The van der Waals surface area contributed by atoms with Crippen molar-refractivity contribution in [1.82, 2.24) is 20.0 Å². The van der Waals surface area contributed by atoms with Crippen LogP contribution in [0, 0.1) is 5.92 Å². The van der Waals surface area contributed by atoms with Crippen LogP contribution in [0.3, 0.4) is 0 Å². The topological polar surface area (TPSA) is 68.6 Å². The zero-order chi connectivity index (χ0) is 18.8. The number of carbonyl (C=O) groups excluding carboxylic acids is 1. The molecule has 2 aliphatic heterocycles. The molecule has 0 spiro atoms. The van der Waals surface area contributed by atoms with E-state index in [0.717, 1.165) is 43.2 Å². The third-order valence-electron chi connectivity index (χ3n) is 4.82. The molecule has 2 aliphatic rings. The van der Waals surface area contributed by atoms with E-state index < -0.39 is 0 Å². The van der Waals surface area contributed by atoms with Crippen LogP contribution < -0.4 is 14.8 Å². The quantitative estimate of drug-likeness (QED) is 0.842. The molecule has 4 rings (SSSR count). The van der Waals surface area contributed by atoms with Gasteiger partial charge >= 0.3 is 0 Å². The molecular formula is C20H26N4O3. The Labute approximate surface area is 159 Å². The molecule has 0 saturated heterocycles. The van der Waals surface area contributed by atoms with Crippen molar-refractivity contribution in [2.24, 2.45) is 5.92 Å². The number of aromatic nitrogens is 2. The van der Waals surface area contributed by atoms with Gasteiger partial charge in [0.15, 0.2) is 11.5 Å². The molecule has 144 valence electrons. The fourth-order valence-corrected chi connectivity index (χ4v) is 3.63. The van der Waals surface area contributed by atoms with Crippen LogP contribution in [0.5, 0.6) is 11.5 Å². The lowest BCUT2D eigenvalue weighted by molar-refractivity contribution is -0.120. The van der Waals surface area contributed by atoms with Gasteiger partial charge in [0, 0.05) is 19.6 Å². The Morgan fingerprint density at radius 1 is 1.22 bits per heavy atom. The smallest absolute Gasteiger partial charge is 0.231 e. The number of hydrogen-bond donors (Lipinski definition) is 1. The molecule has 0 atom stereocenters.